The maximum absolute atomic E-state index is 12.2. The van der Waals surface area contributed by atoms with Crippen LogP contribution in [-0.4, -0.2) is 18.7 Å². The van der Waals surface area contributed by atoms with Crippen LogP contribution in [0.5, 0.6) is 5.75 Å². The Bertz CT molecular complexity index is 717. The number of hydrogen-bond acceptors (Lipinski definition) is 3. The average molecular weight is 351 g/mol. The van der Waals surface area contributed by atoms with Gasteiger partial charge >= 0.3 is 0 Å². The van der Waals surface area contributed by atoms with Gasteiger partial charge in [0.25, 0.3) is 5.91 Å². The van der Waals surface area contributed by atoms with Crippen molar-refractivity contribution in [1.29, 1.82) is 0 Å². The van der Waals surface area contributed by atoms with Crippen molar-refractivity contribution in [1.82, 2.24) is 5.43 Å². The Balaban J connectivity index is 2.08. The zero-order valence-electron chi connectivity index (χ0n) is 12.6. The van der Waals surface area contributed by atoms with E-state index in [9.17, 15) is 4.79 Å². The second-order valence-corrected chi connectivity index (χ2v) is 5.47. The van der Waals surface area contributed by atoms with E-state index >= 15 is 0 Å². The van der Waals surface area contributed by atoms with Crippen molar-refractivity contribution >= 4 is 35.3 Å². The summed E-state index contributed by atoms with van der Waals surface area (Å²) in [7, 11) is 0. The molecular weight excluding hydrogens is 335 g/mol. The van der Waals surface area contributed by atoms with Gasteiger partial charge in [-0.15, -0.1) is 0 Å². The van der Waals surface area contributed by atoms with Crippen LogP contribution in [0, 0.1) is 0 Å². The Hall–Kier alpha value is -2.04. The summed E-state index contributed by atoms with van der Waals surface area (Å²) in [5.74, 6) is 0.175. The fourth-order valence-corrected chi connectivity index (χ4v) is 2.19. The Kier molecular flexibility index (Phi) is 6.44. The molecule has 0 saturated heterocycles. The minimum absolute atomic E-state index is 0.355. The first-order valence-corrected chi connectivity index (χ1v) is 7.88. The van der Waals surface area contributed by atoms with Crippen LogP contribution < -0.4 is 10.2 Å². The lowest BCUT2D eigenvalue weighted by Crippen LogP contribution is -2.18. The Morgan fingerprint density at radius 2 is 2.00 bits per heavy atom. The summed E-state index contributed by atoms with van der Waals surface area (Å²) >= 11 is 12.0. The molecule has 0 aromatic heterocycles. The Morgan fingerprint density at radius 3 is 2.78 bits per heavy atom. The number of para-hydroxylation sites is 1. The van der Waals surface area contributed by atoms with Crippen LogP contribution in [0.2, 0.25) is 10.0 Å². The monoisotopic (exact) mass is 350 g/mol. The van der Waals surface area contributed by atoms with Crippen LogP contribution in [0.15, 0.2) is 47.6 Å². The summed E-state index contributed by atoms with van der Waals surface area (Å²) in [6.45, 7) is 2.55. The number of benzene rings is 2. The van der Waals surface area contributed by atoms with Crippen molar-refractivity contribution in [2.24, 2.45) is 5.10 Å². The van der Waals surface area contributed by atoms with Gasteiger partial charge in [0.15, 0.2) is 0 Å². The zero-order chi connectivity index (χ0) is 16.7. The quantitative estimate of drug-likeness (QED) is 0.613. The zero-order valence-corrected chi connectivity index (χ0v) is 14.1. The third-order valence-electron chi connectivity index (χ3n) is 2.94. The van der Waals surface area contributed by atoms with Gasteiger partial charge in [-0.3, -0.25) is 4.79 Å². The van der Waals surface area contributed by atoms with Crippen molar-refractivity contribution in [3.63, 3.8) is 0 Å². The molecule has 120 valence electrons. The van der Waals surface area contributed by atoms with E-state index in [1.807, 2.05) is 13.0 Å². The SMILES string of the molecule is CCCOc1ccccc1C(=O)N/N=C/c1cccc(Cl)c1Cl. The molecule has 0 aliphatic carbocycles. The predicted molar refractivity (Wildman–Crippen MR) is 93.8 cm³/mol. The molecule has 0 atom stereocenters. The van der Waals surface area contributed by atoms with Gasteiger partial charge in [-0.05, 0) is 24.6 Å². The van der Waals surface area contributed by atoms with Gasteiger partial charge in [-0.2, -0.15) is 5.10 Å². The maximum Gasteiger partial charge on any atom is 0.275 e. The number of nitrogens with one attached hydrogen (secondary N) is 1. The molecule has 23 heavy (non-hydrogen) atoms. The first-order chi connectivity index (χ1) is 11.1. The number of carbonyl (C=O) groups excluding carboxylic acids is 1. The van der Waals surface area contributed by atoms with E-state index in [1.54, 1.807) is 36.4 Å². The molecule has 1 N–H and O–H groups in total. The fraction of sp³-hybridized carbons (Fsp3) is 0.176. The number of hydrazone groups is 1. The van der Waals surface area contributed by atoms with E-state index in [2.05, 4.69) is 10.5 Å². The van der Waals surface area contributed by atoms with Gasteiger partial charge in [0.2, 0.25) is 0 Å². The normalized spacial score (nSPS) is 10.7. The van der Waals surface area contributed by atoms with Crippen molar-refractivity contribution in [2.45, 2.75) is 13.3 Å². The van der Waals surface area contributed by atoms with Crippen LogP contribution >= 0.6 is 23.2 Å². The molecule has 0 radical (unpaired) electrons. The third-order valence-corrected chi connectivity index (χ3v) is 3.78. The molecule has 2 aromatic rings. The highest BCUT2D eigenvalue weighted by atomic mass is 35.5. The second-order valence-electron chi connectivity index (χ2n) is 4.69. The average Bonchev–Trinajstić information content (AvgIpc) is 2.57. The molecule has 6 heteroatoms. The summed E-state index contributed by atoms with van der Waals surface area (Å²) in [6.07, 6.45) is 2.31. The van der Waals surface area contributed by atoms with Crippen molar-refractivity contribution < 1.29 is 9.53 Å². The molecule has 0 aliphatic heterocycles. The summed E-state index contributed by atoms with van der Waals surface area (Å²) in [6, 6.07) is 12.2. The minimum atomic E-state index is -0.355. The number of hydrogen-bond donors (Lipinski definition) is 1. The molecule has 1 amide bonds. The van der Waals surface area contributed by atoms with E-state index in [0.717, 1.165) is 6.42 Å². The number of rotatable bonds is 6. The third kappa shape index (κ3) is 4.71. The number of carbonyl (C=O) groups is 1. The van der Waals surface area contributed by atoms with Gasteiger partial charge in [0.1, 0.15) is 5.75 Å². The largest absolute Gasteiger partial charge is 0.493 e. The molecule has 2 rings (SSSR count). The van der Waals surface area contributed by atoms with E-state index in [1.165, 1.54) is 6.21 Å². The van der Waals surface area contributed by atoms with Crippen LogP contribution in [0.1, 0.15) is 29.3 Å². The lowest BCUT2D eigenvalue weighted by atomic mass is 10.2. The first-order valence-electron chi connectivity index (χ1n) is 7.12. The highest BCUT2D eigenvalue weighted by Crippen LogP contribution is 2.24. The van der Waals surface area contributed by atoms with Crippen LogP contribution in [0.25, 0.3) is 0 Å². The number of nitrogens with zero attached hydrogens (tertiary/aromatic N) is 1. The highest BCUT2D eigenvalue weighted by Gasteiger charge is 2.11. The first kappa shape index (κ1) is 17.3. The van der Waals surface area contributed by atoms with Gasteiger partial charge in [0.05, 0.1) is 28.4 Å². The molecule has 0 heterocycles. The van der Waals surface area contributed by atoms with Crippen LogP contribution in [0.3, 0.4) is 0 Å². The Labute approximate surface area is 145 Å². The van der Waals surface area contributed by atoms with Gasteiger partial charge in [-0.25, -0.2) is 5.43 Å². The van der Waals surface area contributed by atoms with Crippen molar-refractivity contribution in [3.05, 3.63) is 63.6 Å². The highest BCUT2D eigenvalue weighted by molar-refractivity contribution is 6.43. The van der Waals surface area contributed by atoms with E-state index in [-0.39, 0.29) is 5.91 Å². The van der Waals surface area contributed by atoms with Gasteiger partial charge in [0, 0.05) is 5.56 Å². The number of halogens is 2. The molecule has 0 aliphatic rings. The van der Waals surface area contributed by atoms with E-state index in [4.69, 9.17) is 27.9 Å². The molecule has 0 spiro atoms. The fourth-order valence-electron chi connectivity index (χ4n) is 1.83. The molecule has 0 fully saturated rings. The van der Waals surface area contributed by atoms with Gasteiger partial charge in [-0.1, -0.05) is 54.4 Å². The number of ether oxygens (including phenoxy) is 1. The minimum Gasteiger partial charge on any atom is -0.493 e. The van der Waals surface area contributed by atoms with Gasteiger partial charge < -0.3 is 4.74 Å². The molecule has 4 nitrogen and oxygen atoms in total. The summed E-state index contributed by atoms with van der Waals surface area (Å²) in [5.41, 5.74) is 3.51. The molecule has 0 bridgehead atoms. The topological polar surface area (TPSA) is 50.7 Å². The summed E-state index contributed by atoms with van der Waals surface area (Å²) in [4.78, 5) is 12.2. The lowest BCUT2D eigenvalue weighted by molar-refractivity contribution is 0.0951. The van der Waals surface area contributed by atoms with E-state index < -0.39 is 0 Å². The number of amides is 1. The summed E-state index contributed by atoms with van der Waals surface area (Å²) < 4.78 is 5.56. The molecule has 0 saturated carbocycles. The molecule has 0 unspecified atom stereocenters. The standard InChI is InChI=1S/C17H16Cl2N2O2/c1-2-10-23-15-9-4-3-7-13(15)17(22)21-20-11-12-6-5-8-14(18)16(12)19/h3-9,11H,2,10H2,1H3,(H,21,22)/b20-11+. The smallest absolute Gasteiger partial charge is 0.275 e. The lowest BCUT2D eigenvalue weighted by Gasteiger charge is -2.09. The van der Waals surface area contributed by atoms with E-state index in [0.29, 0.717) is 33.5 Å². The molecule has 2 aromatic carbocycles. The second kappa shape index (κ2) is 8.56. The molecular formula is C17H16Cl2N2O2. The van der Waals surface area contributed by atoms with Crippen LogP contribution in [0.4, 0.5) is 0 Å². The predicted octanol–water partition coefficient (Wildman–Crippen LogP) is 4.55. The van der Waals surface area contributed by atoms with Crippen LogP contribution in [-0.2, 0) is 0 Å². The maximum atomic E-state index is 12.2. The van der Waals surface area contributed by atoms with Crippen molar-refractivity contribution in [2.75, 3.05) is 6.61 Å². The Morgan fingerprint density at radius 1 is 1.22 bits per heavy atom. The van der Waals surface area contributed by atoms with Crippen molar-refractivity contribution in [3.8, 4) is 5.75 Å². The summed E-state index contributed by atoms with van der Waals surface area (Å²) in [5, 5.41) is 4.74.